The zero-order valence-electron chi connectivity index (χ0n) is 10.4. The third-order valence-corrected chi connectivity index (χ3v) is 6.03. The van der Waals surface area contributed by atoms with Crippen molar-refractivity contribution in [3.8, 4) is 0 Å². The maximum Gasteiger partial charge on any atom is 0.281 e. The Labute approximate surface area is 104 Å². The van der Waals surface area contributed by atoms with Gasteiger partial charge in [-0.25, -0.2) is 0 Å². The molecule has 0 bridgehead atoms. The van der Waals surface area contributed by atoms with Crippen LogP contribution in [0.5, 0.6) is 0 Å². The van der Waals surface area contributed by atoms with Gasteiger partial charge in [0.1, 0.15) is 0 Å². The predicted molar refractivity (Wildman–Crippen MR) is 65.7 cm³/mol. The molecule has 2 fully saturated rings. The van der Waals surface area contributed by atoms with Crippen molar-refractivity contribution in [2.24, 2.45) is 5.41 Å². The van der Waals surface area contributed by atoms with Crippen LogP contribution in [0.3, 0.4) is 0 Å². The van der Waals surface area contributed by atoms with Gasteiger partial charge < -0.3 is 5.11 Å². The van der Waals surface area contributed by atoms with Crippen LogP contribution in [0.4, 0.5) is 0 Å². The van der Waals surface area contributed by atoms with Crippen LogP contribution in [-0.2, 0) is 10.2 Å². The highest BCUT2D eigenvalue weighted by Gasteiger charge is 2.41. The van der Waals surface area contributed by atoms with E-state index >= 15 is 0 Å². The van der Waals surface area contributed by atoms with E-state index in [1.165, 1.54) is 4.31 Å². The number of nitrogens with zero attached hydrogens (tertiary/aromatic N) is 2. The van der Waals surface area contributed by atoms with Gasteiger partial charge >= 0.3 is 0 Å². The van der Waals surface area contributed by atoms with Crippen molar-refractivity contribution >= 4 is 10.2 Å². The SMILES string of the molecule is CN(CC1(CO)CCC1)S(=O)(=O)N1CCCC1. The Morgan fingerprint density at radius 2 is 1.82 bits per heavy atom. The molecule has 1 heterocycles. The van der Waals surface area contributed by atoms with Gasteiger partial charge in [0.05, 0.1) is 0 Å². The molecule has 1 saturated heterocycles. The van der Waals surface area contributed by atoms with E-state index in [0.29, 0.717) is 19.6 Å². The molecule has 17 heavy (non-hydrogen) atoms. The predicted octanol–water partition coefficient (Wildman–Crippen LogP) is 0.421. The molecule has 0 spiro atoms. The van der Waals surface area contributed by atoms with Gasteiger partial charge in [-0.1, -0.05) is 6.42 Å². The summed E-state index contributed by atoms with van der Waals surface area (Å²) in [4.78, 5) is 0. The Balaban J connectivity index is 2.01. The molecule has 0 aromatic heterocycles. The van der Waals surface area contributed by atoms with Crippen molar-refractivity contribution < 1.29 is 13.5 Å². The largest absolute Gasteiger partial charge is 0.396 e. The first-order chi connectivity index (χ1) is 8.00. The summed E-state index contributed by atoms with van der Waals surface area (Å²) >= 11 is 0. The van der Waals surface area contributed by atoms with Crippen LogP contribution >= 0.6 is 0 Å². The van der Waals surface area contributed by atoms with E-state index in [9.17, 15) is 13.5 Å². The van der Waals surface area contributed by atoms with Gasteiger partial charge in [0, 0.05) is 38.7 Å². The maximum absolute atomic E-state index is 12.2. The molecule has 1 aliphatic carbocycles. The summed E-state index contributed by atoms with van der Waals surface area (Å²) in [6.45, 7) is 1.81. The molecule has 2 aliphatic rings. The number of aliphatic hydroxyl groups excluding tert-OH is 1. The fourth-order valence-electron chi connectivity index (χ4n) is 2.71. The molecule has 0 amide bonds. The molecule has 0 unspecified atom stereocenters. The molecular formula is C11H22N2O3S. The molecule has 0 aromatic rings. The Bertz CT molecular complexity index is 353. The van der Waals surface area contributed by atoms with Gasteiger partial charge in [-0.15, -0.1) is 0 Å². The topological polar surface area (TPSA) is 60.9 Å². The van der Waals surface area contributed by atoms with E-state index in [1.54, 1.807) is 11.4 Å². The van der Waals surface area contributed by atoms with Crippen LogP contribution in [0, 0.1) is 5.41 Å². The highest BCUT2D eigenvalue weighted by atomic mass is 32.2. The van der Waals surface area contributed by atoms with Crippen LogP contribution < -0.4 is 0 Å². The Morgan fingerprint density at radius 1 is 1.24 bits per heavy atom. The van der Waals surface area contributed by atoms with Crippen LogP contribution in [0.15, 0.2) is 0 Å². The summed E-state index contributed by atoms with van der Waals surface area (Å²) in [5.41, 5.74) is -0.179. The summed E-state index contributed by atoms with van der Waals surface area (Å²) in [6, 6.07) is 0. The number of hydrogen-bond donors (Lipinski definition) is 1. The van der Waals surface area contributed by atoms with E-state index < -0.39 is 10.2 Å². The quantitative estimate of drug-likeness (QED) is 0.781. The molecule has 6 heteroatoms. The second-order valence-electron chi connectivity index (χ2n) is 5.38. The first kappa shape index (κ1) is 13.3. The van der Waals surface area contributed by atoms with Crippen molar-refractivity contribution in [2.45, 2.75) is 32.1 Å². The van der Waals surface area contributed by atoms with E-state index in [2.05, 4.69) is 0 Å². The van der Waals surface area contributed by atoms with E-state index in [0.717, 1.165) is 32.1 Å². The van der Waals surface area contributed by atoms with Gasteiger partial charge in [0.2, 0.25) is 0 Å². The summed E-state index contributed by atoms with van der Waals surface area (Å²) in [5, 5.41) is 9.38. The molecule has 1 N–H and O–H groups in total. The average Bonchev–Trinajstić information content (AvgIpc) is 2.76. The maximum atomic E-state index is 12.2. The minimum Gasteiger partial charge on any atom is -0.396 e. The van der Waals surface area contributed by atoms with Crippen molar-refractivity contribution in [1.82, 2.24) is 8.61 Å². The standard InChI is InChI=1S/C11H22N2O3S/c1-12(9-11(10-14)5-4-6-11)17(15,16)13-7-2-3-8-13/h14H,2-10H2,1H3. The lowest BCUT2D eigenvalue weighted by atomic mass is 9.69. The third-order valence-electron chi connectivity index (χ3n) is 4.09. The zero-order valence-corrected chi connectivity index (χ0v) is 11.2. The van der Waals surface area contributed by atoms with E-state index in [4.69, 9.17) is 0 Å². The second-order valence-corrected chi connectivity index (χ2v) is 7.42. The molecule has 0 radical (unpaired) electrons. The molecule has 0 aromatic carbocycles. The second kappa shape index (κ2) is 4.84. The van der Waals surface area contributed by atoms with Crippen molar-refractivity contribution in [1.29, 1.82) is 0 Å². The summed E-state index contributed by atoms with van der Waals surface area (Å²) in [5.74, 6) is 0. The van der Waals surface area contributed by atoms with Crippen LogP contribution in [-0.4, -0.2) is 55.4 Å². The highest BCUT2D eigenvalue weighted by molar-refractivity contribution is 7.86. The number of rotatable bonds is 5. The lowest BCUT2D eigenvalue weighted by Gasteiger charge is -2.43. The Morgan fingerprint density at radius 3 is 2.24 bits per heavy atom. The first-order valence-electron chi connectivity index (χ1n) is 6.32. The molecule has 1 saturated carbocycles. The fraction of sp³-hybridized carbons (Fsp3) is 1.00. The molecule has 5 nitrogen and oxygen atoms in total. The van der Waals surface area contributed by atoms with Crippen LogP contribution in [0.25, 0.3) is 0 Å². The monoisotopic (exact) mass is 262 g/mol. The molecule has 100 valence electrons. The summed E-state index contributed by atoms with van der Waals surface area (Å²) in [7, 11) is -1.67. The van der Waals surface area contributed by atoms with Crippen molar-refractivity contribution in [3.63, 3.8) is 0 Å². The van der Waals surface area contributed by atoms with E-state index in [-0.39, 0.29) is 12.0 Å². The number of hydrogen-bond acceptors (Lipinski definition) is 3. The van der Waals surface area contributed by atoms with Crippen molar-refractivity contribution in [2.75, 3.05) is 33.3 Å². The molecule has 0 atom stereocenters. The summed E-state index contributed by atoms with van der Waals surface area (Å²) in [6.07, 6.45) is 4.88. The highest BCUT2D eigenvalue weighted by Crippen LogP contribution is 2.41. The molecular weight excluding hydrogens is 240 g/mol. The van der Waals surface area contributed by atoms with Gasteiger partial charge in [-0.3, -0.25) is 0 Å². The molecule has 1 aliphatic heterocycles. The van der Waals surface area contributed by atoms with Gasteiger partial charge in [-0.05, 0) is 25.7 Å². The first-order valence-corrected chi connectivity index (χ1v) is 7.72. The van der Waals surface area contributed by atoms with Crippen molar-refractivity contribution in [3.05, 3.63) is 0 Å². The minimum atomic E-state index is -3.30. The van der Waals surface area contributed by atoms with Crippen LogP contribution in [0.2, 0.25) is 0 Å². The molecule has 2 rings (SSSR count). The lowest BCUT2D eigenvalue weighted by molar-refractivity contribution is 0.0302. The normalized spacial score (nSPS) is 25.1. The third kappa shape index (κ3) is 2.50. The summed E-state index contributed by atoms with van der Waals surface area (Å²) < 4.78 is 27.4. The van der Waals surface area contributed by atoms with Crippen LogP contribution in [0.1, 0.15) is 32.1 Å². The Kier molecular flexibility index (Phi) is 3.77. The zero-order chi connectivity index (χ0) is 12.5. The van der Waals surface area contributed by atoms with E-state index in [1.807, 2.05) is 0 Å². The minimum absolute atomic E-state index is 0.0901. The van der Waals surface area contributed by atoms with Gasteiger partial charge in [0.25, 0.3) is 10.2 Å². The smallest absolute Gasteiger partial charge is 0.281 e. The lowest BCUT2D eigenvalue weighted by Crippen LogP contribution is -2.49. The Hall–Kier alpha value is -0.170. The van der Waals surface area contributed by atoms with Gasteiger partial charge in [0.15, 0.2) is 0 Å². The average molecular weight is 262 g/mol. The fourth-order valence-corrected chi connectivity index (χ4v) is 4.26. The van der Waals surface area contributed by atoms with Gasteiger partial charge in [-0.2, -0.15) is 17.0 Å². The number of aliphatic hydroxyl groups is 1.